The summed E-state index contributed by atoms with van der Waals surface area (Å²) in [5.41, 5.74) is 1.12. The molecule has 0 saturated carbocycles. The monoisotopic (exact) mass is 232 g/mol. The van der Waals surface area contributed by atoms with Crippen LogP contribution in [0.2, 0.25) is 0 Å². The summed E-state index contributed by atoms with van der Waals surface area (Å²) in [6.07, 6.45) is 7.51. The van der Waals surface area contributed by atoms with Gasteiger partial charge in [0.25, 0.3) is 0 Å². The summed E-state index contributed by atoms with van der Waals surface area (Å²) in [7, 11) is 0. The third-order valence-corrected chi connectivity index (χ3v) is 2.43. The number of ether oxygens (including phenoxy) is 1. The lowest BCUT2D eigenvalue weighted by atomic mass is 10.2. The van der Waals surface area contributed by atoms with Gasteiger partial charge in [-0.2, -0.15) is 0 Å². The van der Waals surface area contributed by atoms with Crippen molar-refractivity contribution in [3.8, 4) is 0 Å². The van der Waals surface area contributed by atoms with E-state index in [-0.39, 0.29) is 5.97 Å². The molecule has 1 aromatic rings. The van der Waals surface area contributed by atoms with Gasteiger partial charge in [0.1, 0.15) is 6.61 Å². The Kier molecular flexibility index (Phi) is 6.80. The molecule has 0 heterocycles. The van der Waals surface area contributed by atoms with E-state index in [9.17, 15) is 4.79 Å². The van der Waals surface area contributed by atoms with Gasteiger partial charge in [-0.1, -0.05) is 56.2 Å². The van der Waals surface area contributed by atoms with Crippen LogP contribution in [0.5, 0.6) is 0 Å². The first-order valence-corrected chi connectivity index (χ1v) is 6.20. The summed E-state index contributed by atoms with van der Waals surface area (Å²) >= 11 is 0. The summed E-state index contributed by atoms with van der Waals surface area (Å²) in [6, 6.07) is 9.97. The van der Waals surface area contributed by atoms with E-state index in [0.29, 0.717) is 13.0 Å². The molecule has 0 spiro atoms. The third-order valence-electron chi connectivity index (χ3n) is 2.43. The molecule has 1 aromatic carbocycles. The molecule has 1 rings (SSSR count). The SMILES string of the molecule is CCCCCC(=O)OC/C=C/c1ccccc1. The van der Waals surface area contributed by atoms with E-state index in [2.05, 4.69) is 6.92 Å². The van der Waals surface area contributed by atoms with Gasteiger partial charge < -0.3 is 4.74 Å². The van der Waals surface area contributed by atoms with Crippen LogP contribution >= 0.6 is 0 Å². The van der Waals surface area contributed by atoms with Crippen LogP contribution in [0, 0.1) is 0 Å². The molecule has 0 N–H and O–H groups in total. The topological polar surface area (TPSA) is 26.3 Å². The van der Waals surface area contributed by atoms with E-state index in [1.165, 1.54) is 0 Å². The maximum Gasteiger partial charge on any atom is 0.306 e. The molecular weight excluding hydrogens is 212 g/mol. The standard InChI is InChI=1S/C15H20O2/c1-2-3-5-12-15(16)17-13-8-11-14-9-6-4-7-10-14/h4,6-11H,2-3,5,12-13H2,1H3/b11-8+. The van der Waals surface area contributed by atoms with E-state index in [4.69, 9.17) is 4.74 Å². The van der Waals surface area contributed by atoms with Crippen LogP contribution in [-0.2, 0) is 9.53 Å². The van der Waals surface area contributed by atoms with Crippen LogP contribution in [0.25, 0.3) is 6.08 Å². The van der Waals surface area contributed by atoms with Crippen molar-refractivity contribution in [1.82, 2.24) is 0 Å². The quantitative estimate of drug-likeness (QED) is 0.527. The van der Waals surface area contributed by atoms with E-state index in [1.807, 2.05) is 42.5 Å². The highest BCUT2D eigenvalue weighted by atomic mass is 16.5. The third kappa shape index (κ3) is 6.56. The van der Waals surface area contributed by atoms with Crippen LogP contribution in [0.15, 0.2) is 36.4 Å². The average molecular weight is 232 g/mol. The van der Waals surface area contributed by atoms with E-state index in [0.717, 1.165) is 24.8 Å². The predicted molar refractivity (Wildman–Crippen MR) is 70.6 cm³/mol. The molecule has 0 bridgehead atoms. The first-order chi connectivity index (χ1) is 8.33. The molecule has 0 unspecified atom stereocenters. The Bertz CT molecular complexity index is 341. The van der Waals surface area contributed by atoms with Crippen LogP contribution < -0.4 is 0 Å². The predicted octanol–water partition coefficient (Wildman–Crippen LogP) is 3.82. The molecule has 0 aliphatic carbocycles. The fraction of sp³-hybridized carbons (Fsp3) is 0.400. The molecule has 0 atom stereocenters. The van der Waals surface area contributed by atoms with E-state index in [1.54, 1.807) is 0 Å². The highest BCUT2D eigenvalue weighted by molar-refractivity contribution is 5.69. The molecule has 0 radical (unpaired) electrons. The fourth-order valence-electron chi connectivity index (χ4n) is 1.48. The van der Waals surface area contributed by atoms with Crippen molar-refractivity contribution in [2.75, 3.05) is 6.61 Å². The van der Waals surface area contributed by atoms with Crippen molar-refractivity contribution < 1.29 is 9.53 Å². The minimum atomic E-state index is -0.101. The average Bonchev–Trinajstić information content (AvgIpc) is 2.36. The number of carbonyl (C=O) groups excluding carboxylic acids is 1. The molecule has 0 saturated heterocycles. The summed E-state index contributed by atoms with van der Waals surface area (Å²) in [5, 5.41) is 0. The molecule has 17 heavy (non-hydrogen) atoms. The molecular formula is C15H20O2. The number of hydrogen-bond acceptors (Lipinski definition) is 2. The molecule has 2 nitrogen and oxygen atoms in total. The lowest BCUT2D eigenvalue weighted by Crippen LogP contribution is -2.03. The Morgan fingerprint density at radius 3 is 2.71 bits per heavy atom. The van der Waals surface area contributed by atoms with Gasteiger partial charge in [-0.05, 0) is 18.1 Å². The largest absolute Gasteiger partial charge is 0.461 e. The zero-order valence-corrected chi connectivity index (χ0v) is 10.4. The van der Waals surface area contributed by atoms with Crippen LogP contribution in [0.3, 0.4) is 0 Å². The van der Waals surface area contributed by atoms with Crippen molar-refractivity contribution >= 4 is 12.0 Å². The van der Waals surface area contributed by atoms with Crippen molar-refractivity contribution in [1.29, 1.82) is 0 Å². The van der Waals surface area contributed by atoms with Gasteiger partial charge in [0.05, 0.1) is 0 Å². The molecule has 0 fully saturated rings. The summed E-state index contributed by atoms with van der Waals surface area (Å²) < 4.78 is 5.08. The zero-order valence-electron chi connectivity index (χ0n) is 10.4. The molecule has 92 valence electrons. The highest BCUT2D eigenvalue weighted by Crippen LogP contribution is 2.02. The molecule has 2 heteroatoms. The Hall–Kier alpha value is -1.57. The Morgan fingerprint density at radius 2 is 2.00 bits per heavy atom. The van der Waals surface area contributed by atoms with Gasteiger partial charge in [-0.15, -0.1) is 0 Å². The van der Waals surface area contributed by atoms with Gasteiger partial charge in [0, 0.05) is 6.42 Å². The summed E-state index contributed by atoms with van der Waals surface area (Å²) in [6.45, 7) is 2.48. The minimum absolute atomic E-state index is 0.101. The lowest BCUT2D eigenvalue weighted by molar-refractivity contribution is -0.142. The number of unbranched alkanes of at least 4 members (excludes halogenated alkanes) is 2. The van der Waals surface area contributed by atoms with Gasteiger partial charge >= 0.3 is 5.97 Å². The Labute approximate surface area is 103 Å². The highest BCUT2D eigenvalue weighted by Gasteiger charge is 1.99. The van der Waals surface area contributed by atoms with Crippen molar-refractivity contribution in [2.45, 2.75) is 32.6 Å². The second-order valence-corrected chi connectivity index (χ2v) is 3.95. The number of carbonyl (C=O) groups is 1. The molecule has 0 aliphatic rings. The van der Waals surface area contributed by atoms with Gasteiger partial charge in [-0.25, -0.2) is 0 Å². The summed E-state index contributed by atoms with van der Waals surface area (Å²) in [4.78, 5) is 11.3. The van der Waals surface area contributed by atoms with Crippen molar-refractivity contribution in [3.63, 3.8) is 0 Å². The second kappa shape index (κ2) is 8.57. The number of benzene rings is 1. The maximum atomic E-state index is 11.3. The van der Waals surface area contributed by atoms with Crippen molar-refractivity contribution in [3.05, 3.63) is 42.0 Å². The smallest absolute Gasteiger partial charge is 0.306 e. The molecule has 0 amide bonds. The maximum absolute atomic E-state index is 11.3. The molecule has 0 aliphatic heterocycles. The Balaban J connectivity index is 2.15. The van der Waals surface area contributed by atoms with Gasteiger partial charge in [0.15, 0.2) is 0 Å². The van der Waals surface area contributed by atoms with E-state index >= 15 is 0 Å². The molecule has 0 aromatic heterocycles. The van der Waals surface area contributed by atoms with Crippen LogP contribution in [0.4, 0.5) is 0 Å². The number of hydrogen-bond donors (Lipinski definition) is 0. The zero-order chi connectivity index (χ0) is 12.3. The fourth-order valence-corrected chi connectivity index (χ4v) is 1.48. The first-order valence-electron chi connectivity index (χ1n) is 6.20. The minimum Gasteiger partial charge on any atom is -0.461 e. The first kappa shape index (κ1) is 13.5. The van der Waals surface area contributed by atoms with Gasteiger partial charge in [-0.3, -0.25) is 4.79 Å². The van der Waals surface area contributed by atoms with Crippen LogP contribution in [-0.4, -0.2) is 12.6 Å². The normalized spacial score (nSPS) is 10.6. The van der Waals surface area contributed by atoms with Crippen LogP contribution in [0.1, 0.15) is 38.2 Å². The van der Waals surface area contributed by atoms with Crippen molar-refractivity contribution in [2.24, 2.45) is 0 Å². The number of rotatable bonds is 7. The summed E-state index contributed by atoms with van der Waals surface area (Å²) in [5.74, 6) is -0.101. The van der Waals surface area contributed by atoms with E-state index < -0.39 is 0 Å². The number of esters is 1. The van der Waals surface area contributed by atoms with Gasteiger partial charge in [0.2, 0.25) is 0 Å². The second-order valence-electron chi connectivity index (χ2n) is 3.95. The lowest BCUT2D eigenvalue weighted by Gasteiger charge is -2.00. The Morgan fingerprint density at radius 1 is 1.24 bits per heavy atom.